The monoisotopic (exact) mass is 419 g/mol. The van der Waals surface area contributed by atoms with E-state index in [1.54, 1.807) is 6.07 Å². The van der Waals surface area contributed by atoms with Gasteiger partial charge in [0, 0.05) is 17.6 Å². The van der Waals surface area contributed by atoms with Gasteiger partial charge in [-0.1, -0.05) is 43.3 Å². The standard InChI is InChI=1S/C17H26ClN3O3S2/c1-5-11(3)20-16-21(12(4)6-2)17(22,10-25-16)13-7-8-14(18)15(9-13)26(19,23)24/h7-9,11-12,22H,5-6,10H2,1-4H3,(H2,19,23,24). The van der Waals surface area contributed by atoms with Crippen LogP contribution in [-0.4, -0.2) is 41.4 Å². The second kappa shape index (κ2) is 8.06. The van der Waals surface area contributed by atoms with E-state index in [0.29, 0.717) is 11.3 Å². The number of amidine groups is 1. The Morgan fingerprint density at radius 3 is 2.58 bits per heavy atom. The average Bonchev–Trinajstić information content (AvgIpc) is 2.90. The Labute approximate surface area is 164 Å². The molecule has 0 amide bonds. The van der Waals surface area contributed by atoms with Gasteiger partial charge in [0.05, 0.1) is 10.8 Å². The molecule has 1 aromatic rings. The Bertz CT molecular complexity index is 800. The number of primary sulfonamides is 1. The van der Waals surface area contributed by atoms with Crippen molar-refractivity contribution in [2.24, 2.45) is 10.1 Å². The van der Waals surface area contributed by atoms with Crippen molar-refractivity contribution in [2.75, 3.05) is 5.75 Å². The highest BCUT2D eigenvalue weighted by Gasteiger charge is 2.47. The van der Waals surface area contributed by atoms with E-state index in [4.69, 9.17) is 21.7 Å². The molecule has 0 spiro atoms. The molecule has 1 aromatic carbocycles. The van der Waals surface area contributed by atoms with Crippen LogP contribution in [0, 0.1) is 0 Å². The maximum atomic E-state index is 11.8. The van der Waals surface area contributed by atoms with Crippen LogP contribution in [0.2, 0.25) is 5.02 Å². The first-order chi connectivity index (χ1) is 12.0. The lowest BCUT2D eigenvalue weighted by atomic mass is 10.0. The topological polar surface area (TPSA) is 96.0 Å². The predicted molar refractivity (Wildman–Crippen MR) is 108 cm³/mol. The normalized spacial score (nSPS) is 24.9. The molecule has 3 unspecified atom stereocenters. The Hall–Kier alpha value is -0.800. The van der Waals surface area contributed by atoms with E-state index in [0.717, 1.165) is 18.0 Å². The fraction of sp³-hybridized carbons (Fsp3) is 0.588. The Morgan fingerprint density at radius 2 is 2.04 bits per heavy atom. The Morgan fingerprint density at radius 1 is 1.38 bits per heavy atom. The van der Waals surface area contributed by atoms with Crippen LogP contribution in [0.25, 0.3) is 0 Å². The lowest BCUT2D eigenvalue weighted by molar-refractivity contribution is -0.0654. The average molecular weight is 420 g/mol. The van der Waals surface area contributed by atoms with Crippen LogP contribution in [0.4, 0.5) is 0 Å². The van der Waals surface area contributed by atoms with Crippen molar-refractivity contribution in [2.45, 2.75) is 63.2 Å². The van der Waals surface area contributed by atoms with E-state index >= 15 is 0 Å². The first-order valence-electron chi connectivity index (χ1n) is 8.59. The molecule has 0 radical (unpaired) electrons. The SMILES string of the molecule is CCC(C)N=C1SCC(O)(c2ccc(Cl)c(S(N)(=O)=O)c2)N1C(C)CC. The molecule has 1 saturated heterocycles. The third-order valence-corrected chi connectivity index (χ3v) is 7.16. The third kappa shape index (κ3) is 4.20. The molecule has 146 valence electrons. The fourth-order valence-corrected chi connectivity index (χ4v) is 5.20. The highest BCUT2D eigenvalue weighted by Crippen LogP contribution is 2.42. The molecule has 1 aliphatic heterocycles. The summed E-state index contributed by atoms with van der Waals surface area (Å²) in [6.45, 7) is 8.14. The van der Waals surface area contributed by atoms with Crippen molar-refractivity contribution < 1.29 is 13.5 Å². The molecular weight excluding hydrogens is 394 g/mol. The first kappa shape index (κ1) is 21.5. The van der Waals surface area contributed by atoms with Gasteiger partial charge in [-0.15, -0.1) is 0 Å². The summed E-state index contributed by atoms with van der Waals surface area (Å²) >= 11 is 7.46. The van der Waals surface area contributed by atoms with Crippen molar-refractivity contribution >= 4 is 38.6 Å². The molecule has 1 heterocycles. The van der Waals surface area contributed by atoms with E-state index in [1.165, 1.54) is 23.9 Å². The minimum Gasteiger partial charge on any atom is -0.366 e. The van der Waals surface area contributed by atoms with E-state index in [-0.39, 0.29) is 22.0 Å². The van der Waals surface area contributed by atoms with Crippen molar-refractivity contribution in [3.63, 3.8) is 0 Å². The zero-order valence-electron chi connectivity index (χ0n) is 15.4. The zero-order valence-corrected chi connectivity index (χ0v) is 17.8. The van der Waals surface area contributed by atoms with Crippen molar-refractivity contribution in [1.29, 1.82) is 0 Å². The smallest absolute Gasteiger partial charge is 0.239 e. The molecule has 0 aliphatic carbocycles. The maximum absolute atomic E-state index is 11.8. The molecule has 0 saturated carbocycles. The lowest BCUT2D eigenvalue weighted by Crippen LogP contribution is -2.49. The molecule has 6 nitrogen and oxygen atoms in total. The van der Waals surface area contributed by atoms with E-state index in [2.05, 4.69) is 6.92 Å². The predicted octanol–water partition coefficient (Wildman–Crippen LogP) is 3.13. The van der Waals surface area contributed by atoms with Crippen LogP contribution in [0.1, 0.15) is 46.1 Å². The number of thioether (sulfide) groups is 1. The number of aliphatic hydroxyl groups is 1. The minimum atomic E-state index is -3.99. The highest BCUT2D eigenvalue weighted by atomic mass is 35.5. The third-order valence-electron chi connectivity index (χ3n) is 4.66. The second-order valence-corrected chi connectivity index (χ2v) is 9.47. The van der Waals surface area contributed by atoms with Gasteiger partial charge in [0.1, 0.15) is 4.90 Å². The molecule has 3 atom stereocenters. The lowest BCUT2D eigenvalue weighted by Gasteiger charge is -2.39. The Kier molecular flexibility index (Phi) is 6.66. The maximum Gasteiger partial charge on any atom is 0.239 e. The van der Waals surface area contributed by atoms with Crippen LogP contribution in [-0.2, 0) is 15.7 Å². The number of sulfonamides is 1. The van der Waals surface area contributed by atoms with Crippen molar-refractivity contribution in [3.05, 3.63) is 28.8 Å². The summed E-state index contributed by atoms with van der Waals surface area (Å²) in [6.07, 6.45) is 1.70. The van der Waals surface area contributed by atoms with Crippen LogP contribution < -0.4 is 5.14 Å². The number of hydrogen-bond acceptors (Lipinski definition) is 5. The first-order valence-corrected chi connectivity index (χ1v) is 11.5. The summed E-state index contributed by atoms with van der Waals surface area (Å²) in [5.74, 6) is 0.346. The van der Waals surface area contributed by atoms with Gasteiger partial charge in [0.15, 0.2) is 10.9 Å². The number of hydrogen-bond donors (Lipinski definition) is 2. The molecule has 1 aliphatic rings. The van der Waals surface area contributed by atoms with Gasteiger partial charge in [-0.3, -0.25) is 4.99 Å². The van der Waals surface area contributed by atoms with Crippen LogP contribution in [0.3, 0.4) is 0 Å². The summed E-state index contributed by atoms with van der Waals surface area (Å²) in [7, 11) is -3.99. The summed E-state index contributed by atoms with van der Waals surface area (Å²) in [5, 5.41) is 17.6. The summed E-state index contributed by atoms with van der Waals surface area (Å²) in [6, 6.07) is 4.61. The van der Waals surface area contributed by atoms with Crippen LogP contribution in [0.15, 0.2) is 28.1 Å². The van der Waals surface area contributed by atoms with Crippen molar-refractivity contribution in [1.82, 2.24) is 4.90 Å². The van der Waals surface area contributed by atoms with Gasteiger partial charge < -0.3 is 10.0 Å². The molecule has 1 fully saturated rings. The van der Waals surface area contributed by atoms with Crippen LogP contribution in [0.5, 0.6) is 0 Å². The molecule has 26 heavy (non-hydrogen) atoms. The number of nitrogens with two attached hydrogens (primary N) is 1. The zero-order chi connectivity index (χ0) is 19.7. The fourth-order valence-electron chi connectivity index (χ4n) is 2.77. The molecule has 2 rings (SSSR count). The van der Waals surface area contributed by atoms with Crippen molar-refractivity contribution in [3.8, 4) is 0 Å². The number of nitrogens with zero attached hydrogens (tertiary/aromatic N) is 2. The molecule has 0 bridgehead atoms. The van der Waals surface area contributed by atoms with Gasteiger partial charge in [0.2, 0.25) is 10.0 Å². The van der Waals surface area contributed by atoms with Gasteiger partial charge in [-0.05, 0) is 38.8 Å². The molecule has 9 heteroatoms. The number of halogens is 1. The highest BCUT2D eigenvalue weighted by molar-refractivity contribution is 8.14. The van der Waals surface area contributed by atoms with E-state index in [9.17, 15) is 13.5 Å². The minimum absolute atomic E-state index is 0.0198. The largest absolute Gasteiger partial charge is 0.366 e. The van der Waals surface area contributed by atoms with E-state index in [1.807, 2.05) is 25.7 Å². The van der Waals surface area contributed by atoms with Crippen LogP contribution >= 0.6 is 23.4 Å². The quantitative estimate of drug-likeness (QED) is 0.738. The summed E-state index contributed by atoms with van der Waals surface area (Å²) in [5.41, 5.74) is -0.941. The van der Waals surface area contributed by atoms with Gasteiger partial charge in [-0.25, -0.2) is 13.6 Å². The molecular formula is C17H26ClN3O3S2. The van der Waals surface area contributed by atoms with Gasteiger partial charge in [-0.2, -0.15) is 0 Å². The summed E-state index contributed by atoms with van der Waals surface area (Å²) < 4.78 is 23.6. The molecule has 3 N–H and O–H groups in total. The number of aliphatic imine (C=N–C) groups is 1. The number of rotatable bonds is 6. The van der Waals surface area contributed by atoms with Gasteiger partial charge in [0.25, 0.3) is 0 Å². The number of benzene rings is 1. The van der Waals surface area contributed by atoms with Gasteiger partial charge >= 0.3 is 0 Å². The Balaban J connectivity index is 2.58. The molecule has 0 aromatic heterocycles. The summed E-state index contributed by atoms with van der Waals surface area (Å²) in [4.78, 5) is 6.42. The second-order valence-electron chi connectivity index (χ2n) is 6.59. The van der Waals surface area contributed by atoms with E-state index < -0.39 is 15.7 Å².